The lowest BCUT2D eigenvalue weighted by Gasteiger charge is -2.14. The number of nitrogens with one attached hydrogen (secondary N) is 2. The van der Waals surface area contributed by atoms with E-state index >= 15 is 0 Å². The van der Waals surface area contributed by atoms with Gasteiger partial charge in [0, 0.05) is 0 Å². The van der Waals surface area contributed by atoms with Crippen LogP contribution in [0.3, 0.4) is 0 Å². The minimum atomic E-state index is 0.771. The molecule has 0 saturated heterocycles. The van der Waals surface area contributed by atoms with Crippen molar-refractivity contribution in [2.45, 2.75) is 65.2 Å². The average Bonchev–Trinajstić information content (AvgIpc) is 2.61. The summed E-state index contributed by atoms with van der Waals surface area (Å²) in [6.07, 6.45) is 11.5. The molecule has 108 valence electrons. The highest BCUT2D eigenvalue weighted by molar-refractivity contribution is 4.66. The zero-order valence-electron chi connectivity index (χ0n) is 12.6. The first-order chi connectivity index (χ1) is 8.79. The monoisotopic (exact) mass is 254 g/mol. The van der Waals surface area contributed by atoms with Gasteiger partial charge in [0.1, 0.15) is 0 Å². The molecule has 1 aliphatic carbocycles. The van der Waals surface area contributed by atoms with Gasteiger partial charge < -0.3 is 10.6 Å². The van der Waals surface area contributed by atoms with Gasteiger partial charge in [-0.05, 0) is 50.9 Å². The van der Waals surface area contributed by atoms with Crippen LogP contribution >= 0.6 is 0 Å². The second kappa shape index (κ2) is 10.8. The molecule has 1 aliphatic rings. The summed E-state index contributed by atoms with van der Waals surface area (Å²) in [7, 11) is 0. The van der Waals surface area contributed by atoms with E-state index in [4.69, 9.17) is 0 Å². The fraction of sp³-hybridized carbons (Fsp3) is 1.00. The van der Waals surface area contributed by atoms with Crippen LogP contribution in [0.1, 0.15) is 65.2 Å². The minimum absolute atomic E-state index is 0.771. The van der Waals surface area contributed by atoms with Crippen LogP contribution in [0.25, 0.3) is 0 Å². The molecule has 1 rings (SSSR count). The van der Waals surface area contributed by atoms with E-state index in [1.807, 2.05) is 0 Å². The highest BCUT2D eigenvalue weighted by atomic mass is 14.9. The van der Waals surface area contributed by atoms with Crippen LogP contribution in [0.15, 0.2) is 0 Å². The summed E-state index contributed by atoms with van der Waals surface area (Å²) in [6.45, 7) is 9.25. The zero-order valence-corrected chi connectivity index (χ0v) is 12.6. The third-order valence-corrected chi connectivity index (χ3v) is 3.96. The molecule has 0 aromatic carbocycles. The van der Waals surface area contributed by atoms with E-state index < -0.39 is 0 Å². The molecule has 0 heterocycles. The second-order valence-corrected chi connectivity index (χ2v) is 6.35. The van der Waals surface area contributed by atoms with Gasteiger partial charge in [-0.3, -0.25) is 0 Å². The van der Waals surface area contributed by atoms with Crippen molar-refractivity contribution in [2.75, 3.05) is 26.2 Å². The van der Waals surface area contributed by atoms with Gasteiger partial charge in [0.15, 0.2) is 0 Å². The van der Waals surface area contributed by atoms with Gasteiger partial charge in [0.2, 0.25) is 0 Å². The Balaban J connectivity index is 1.83. The van der Waals surface area contributed by atoms with Gasteiger partial charge in [-0.1, -0.05) is 52.4 Å². The van der Waals surface area contributed by atoms with Crippen LogP contribution in [0.4, 0.5) is 0 Å². The summed E-state index contributed by atoms with van der Waals surface area (Å²) in [5.74, 6) is 1.78. The first-order valence-corrected chi connectivity index (χ1v) is 8.20. The van der Waals surface area contributed by atoms with Crippen molar-refractivity contribution in [2.24, 2.45) is 11.8 Å². The smallest absolute Gasteiger partial charge is 0.00258 e. The second-order valence-electron chi connectivity index (χ2n) is 6.35. The fourth-order valence-electron chi connectivity index (χ4n) is 2.81. The van der Waals surface area contributed by atoms with Crippen molar-refractivity contribution in [1.29, 1.82) is 0 Å². The van der Waals surface area contributed by atoms with E-state index in [1.165, 1.54) is 64.5 Å². The predicted molar refractivity (Wildman–Crippen MR) is 81.0 cm³/mol. The van der Waals surface area contributed by atoms with E-state index in [2.05, 4.69) is 24.5 Å². The molecule has 0 aliphatic heterocycles. The Morgan fingerprint density at radius 1 is 0.889 bits per heavy atom. The first-order valence-electron chi connectivity index (χ1n) is 8.20. The molecular weight excluding hydrogens is 220 g/mol. The van der Waals surface area contributed by atoms with Crippen molar-refractivity contribution < 1.29 is 0 Å². The molecule has 0 amide bonds. The Morgan fingerprint density at radius 2 is 1.56 bits per heavy atom. The summed E-state index contributed by atoms with van der Waals surface area (Å²) in [5.41, 5.74) is 0. The summed E-state index contributed by atoms with van der Waals surface area (Å²) < 4.78 is 0. The summed E-state index contributed by atoms with van der Waals surface area (Å²) in [5, 5.41) is 7.09. The molecule has 0 aromatic heterocycles. The van der Waals surface area contributed by atoms with Crippen LogP contribution in [0, 0.1) is 11.8 Å². The summed E-state index contributed by atoms with van der Waals surface area (Å²) >= 11 is 0. The lowest BCUT2D eigenvalue weighted by atomic mass is 9.97. The number of hydrogen-bond donors (Lipinski definition) is 2. The highest BCUT2D eigenvalue weighted by Crippen LogP contribution is 2.24. The molecule has 18 heavy (non-hydrogen) atoms. The third kappa shape index (κ3) is 8.93. The molecule has 0 radical (unpaired) electrons. The van der Waals surface area contributed by atoms with E-state index in [1.54, 1.807) is 0 Å². The molecule has 1 saturated carbocycles. The SMILES string of the molecule is CC(C)CNCCCNCCC1CCCCCC1. The summed E-state index contributed by atoms with van der Waals surface area (Å²) in [6, 6.07) is 0. The van der Waals surface area contributed by atoms with E-state index in [0.29, 0.717) is 0 Å². The van der Waals surface area contributed by atoms with Crippen molar-refractivity contribution >= 4 is 0 Å². The topological polar surface area (TPSA) is 24.1 Å². The number of rotatable bonds is 9. The quantitative estimate of drug-likeness (QED) is 0.485. The van der Waals surface area contributed by atoms with Crippen LogP contribution in [0.5, 0.6) is 0 Å². The first kappa shape index (κ1) is 16.0. The zero-order chi connectivity index (χ0) is 13.1. The molecule has 0 bridgehead atoms. The molecule has 0 unspecified atom stereocenters. The van der Waals surface area contributed by atoms with Crippen LogP contribution in [-0.4, -0.2) is 26.2 Å². The molecule has 2 nitrogen and oxygen atoms in total. The minimum Gasteiger partial charge on any atom is -0.317 e. The highest BCUT2D eigenvalue weighted by Gasteiger charge is 2.11. The van der Waals surface area contributed by atoms with Gasteiger partial charge >= 0.3 is 0 Å². The summed E-state index contributed by atoms with van der Waals surface area (Å²) in [4.78, 5) is 0. The van der Waals surface area contributed by atoms with Gasteiger partial charge in [-0.25, -0.2) is 0 Å². The standard InChI is InChI=1S/C16H34N2/c1-15(2)14-18-12-7-11-17-13-10-16-8-5-3-4-6-9-16/h15-18H,3-14H2,1-2H3. The normalized spacial score (nSPS) is 18.2. The maximum Gasteiger partial charge on any atom is -0.00258 e. The lowest BCUT2D eigenvalue weighted by molar-refractivity contribution is 0.413. The molecule has 1 fully saturated rings. The fourth-order valence-corrected chi connectivity index (χ4v) is 2.81. The third-order valence-electron chi connectivity index (χ3n) is 3.96. The molecular formula is C16H34N2. The Kier molecular flexibility index (Phi) is 9.59. The van der Waals surface area contributed by atoms with Crippen molar-refractivity contribution in [1.82, 2.24) is 10.6 Å². The predicted octanol–water partition coefficient (Wildman–Crippen LogP) is 3.57. The van der Waals surface area contributed by atoms with Gasteiger partial charge in [-0.15, -0.1) is 0 Å². The lowest BCUT2D eigenvalue weighted by Crippen LogP contribution is -2.25. The van der Waals surface area contributed by atoms with E-state index in [-0.39, 0.29) is 0 Å². The maximum absolute atomic E-state index is 3.60. The molecule has 2 N–H and O–H groups in total. The number of hydrogen-bond acceptors (Lipinski definition) is 2. The maximum atomic E-state index is 3.60. The largest absolute Gasteiger partial charge is 0.317 e. The van der Waals surface area contributed by atoms with Crippen molar-refractivity contribution in [3.63, 3.8) is 0 Å². The Bertz CT molecular complexity index is 172. The molecule has 0 spiro atoms. The van der Waals surface area contributed by atoms with E-state index in [0.717, 1.165) is 24.9 Å². The van der Waals surface area contributed by atoms with Crippen LogP contribution in [0.2, 0.25) is 0 Å². The van der Waals surface area contributed by atoms with Crippen molar-refractivity contribution in [3.05, 3.63) is 0 Å². The van der Waals surface area contributed by atoms with Crippen LogP contribution < -0.4 is 10.6 Å². The molecule has 0 aromatic rings. The Morgan fingerprint density at radius 3 is 2.22 bits per heavy atom. The Hall–Kier alpha value is -0.0800. The Labute approximate surface area is 114 Å². The van der Waals surface area contributed by atoms with Crippen molar-refractivity contribution in [3.8, 4) is 0 Å². The van der Waals surface area contributed by atoms with Gasteiger partial charge in [-0.2, -0.15) is 0 Å². The average molecular weight is 254 g/mol. The van der Waals surface area contributed by atoms with Crippen LogP contribution in [-0.2, 0) is 0 Å². The van der Waals surface area contributed by atoms with Gasteiger partial charge in [0.05, 0.1) is 0 Å². The molecule has 0 atom stereocenters. The van der Waals surface area contributed by atoms with Gasteiger partial charge in [0.25, 0.3) is 0 Å². The van der Waals surface area contributed by atoms with E-state index in [9.17, 15) is 0 Å². The molecule has 2 heteroatoms.